The normalized spacial score (nSPS) is 22.4. The van der Waals surface area contributed by atoms with Crippen LogP contribution in [0.5, 0.6) is 0 Å². The van der Waals surface area contributed by atoms with Gasteiger partial charge in [-0.05, 0) is 64.0 Å². The number of piperidine rings is 1. The first-order valence-electron chi connectivity index (χ1n) is 10.3. The van der Waals surface area contributed by atoms with E-state index in [-0.39, 0.29) is 11.9 Å². The van der Waals surface area contributed by atoms with Crippen LogP contribution in [-0.4, -0.2) is 61.0 Å². The van der Waals surface area contributed by atoms with Gasteiger partial charge in [0, 0.05) is 37.8 Å². The van der Waals surface area contributed by atoms with Crippen molar-refractivity contribution in [3.05, 3.63) is 29.8 Å². The van der Waals surface area contributed by atoms with Crippen molar-refractivity contribution < 1.29 is 18.0 Å². The Morgan fingerprint density at radius 3 is 2.54 bits per heavy atom. The van der Waals surface area contributed by atoms with Crippen LogP contribution >= 0.6 is 0 Å². The summed E-state index contributed by atoms with van der Waals surface area (Å²) in [7, 11) is 0. The molecule has 4 nitrogen and oxygen atoms in total. The molecule has 7 heteroatoms. The molecule has 0 radical (unpaired) electrons. The number of rotatable bonds is 5. The smallest absolute Gasteiger partial charge is 0.367 e. The Kier molecular flexibility index (Phi) is 6.86. The maximum atomic E-state index is 13.0. The van der Waals surface area contributed by atoms with Crippen LogP contribution in [0.4, 0.5) is 18.9 Å². The van der Waals surface area contributed by atoms with Crippen LogP contribution in [0.2, 0.25) is 0 Å². The third-order valence-electron chi connectivity index (χ3n) is 5.79. The summed E-state index contributed by atoms with van der Waals surface area (Å²) in [5.41, 5.74) is -0.114. The van der Waals surface area contributed by atoms with Gasteiger partial charge in [-0.25, -0.2) is 0 Å². The molecule has 1 aromatic carbocycles. The van der Waals surface area contributed by atoms with E-state index in [9.17, 15) is 18.0 Å². The summed E-state index contributed by atoms with van der Waals surface area (Å²) in [4.78, 5) is 18.8. The Balaban J connectivity index is 1.60. The first-order valence-corrected chi connectivity index (χ1v) is 10.3. The molecular formula is C21H30F3N3O. The van der Waals surface area contributed by atoms with Crippen molar-refractivity contribution in [3.8, 4) is 0 Å². The average Bonchev–Trinajstić information content (AvgIpc) is 2.81. The number of anilines is 1. The summed E-state index contributed by atoms with van der Waals surface area (Å²) < 4.78 is 39.1. The van der Waals surface area contributed by atoms with Gasteiger partial charge in [-0.3, -0.25) is 4.79 Å². The van der Waals surface area contributed by atoms with Crippen molar-refractivity contribution in [1.82, 2.24) is 9.80 Å². The molecule has 0 bridgehead atoms. The Bertz CT molecular complexity index is 659. The highest BCUT2D eigenvalue weighted by Gasteiger charge is 2.32. The molecule has 0 saturated carbocycles. The van der Waals surface area contributed by atoms with E-state index >= 15 is 0 Å². The summed E-state index contributed by atoms with van der Waals surface area (Å²) in [6.07, 6.45) is 0.745. The van der Waals surface area contributed by atoms with Crippen LogP contribution in [0.3, 0.4) is 0 Å². The molecule has 3 rings (SSSR count). The number of carbonyl (C=O) groups excluding carboxylic acids is 1. The zero-order valence-electron chi connectivity index (χ0n) is 16.5. The average molecular weight is 397 g/mol. The highest BCUT2D eigenvalue weighted by Crippen LogP contribution is 2.32. The predicted octanol–water partition coefficient (Wildman–Crippen LogP) is 4.01. The van der Waals surface area contributed by atoms with Crippen LogP contribution in [0.1, 0.15) is 44.6 Å². The minimum atomic E-state index is -4.36. The maximum Gasteiger partial charge on any atom is 0.416 e. The van der Waals surface area contributed by atoms with Gasteiger partial charge in [0.15, 0.2) is 0 Å². The lowest BCUT2D eigenvalue weighted by Gasteiger charge is -2.32. The number of hydrogen-bond donors (Lipinski definition) is 0. The van der Waals surface area contributed by atoms with Gasteiger partial charge < -0.3 is 14.7 Å². The van der Waals surface area contributed by atoms with Crippen LogP contribution in [0.25, 0.3) is 0 Å². The third kappa shape index (κ3) is 5.40. The molecule has 1 aromatic rings. The molecule has 1 amide bonds. The first-order chi connectivity index (χ1) is 13.3. The second-order valence-electron chi connectivity index (χ2n) is 7.94. The summed E-state index contributed by atoms with van der Waals surface area (Å²) >= 11 is 0. The summed E-state index contributed by atoms with van der Waals surface area (Å²) in [6, 6.07) is 5.39. The molecule has 2 aliphatic rings. The molecule has 2 saturated heterocycles. The van der Waals surface area contributed by atoms with Crippen LogP contribution < -0.4 is 4.90 Å². The third-order valence-corrected chi connectivity index (χ3v) is 5.79. The fourth-order valence-corrected chi connectivity index (χ4v) is 4.24. The largest absolute Gasteiger partial charge is 0.416 e. The molecule has 0 N–H and O–H groups in total. The zero-order valence-corrected chi connectivity index (χ0v) is 16.5. The van der Waals surface area contributed by atoms with Crippen molar-refractivity contribution >= 4 is 11.6 Å². The fourth-order valence-electron chi connectivity index (χ4n) is 4.24. The van der Waals surface area contributed by atoms with Crippen molar-refractivity contribution in [3.63, 3.8) is 0 Å². The standard InChI is InChI=1S/C21H30F3N3O/c1-17-16-26(13-6-12-25-10-3-2-4-11-25)20(28)9-14-27(17)19-8-5-7-18(15-19)21(22,23)24/h5,7-8,15,17H,2-4,6,9-14,16H2,1H3/t17-/m1/s1. The van der Waals surface area contributed by atoms with E-state index in [1.807, 2.05) is 16.7 Å². The van der Waals surface area contributed by atoms with E-state index in [4.69, 9.17) is 0 Å². The molecule has 2 fully saturated rings. The molecule has 1 atom stereocenters. The minimum Gasteiger partial charge on any atom is -0.367 e. The Morgan fingerprint density at radius 2 is 1.82 bits per heavy atom. The summed E-state index contributed by atoms with van der Waals surface area (Å²) in [5.74, 6) is 0.0972. The Morgan fingerprint density at radius 1 is 1.07 bits per heavy atom. The maximum absolute atomic E-state index is 13.0. The number of nitrogens with zero attached hydrogens (tertiary/aromatic N) is 3. The molecule has 0 unspecified atom stereocenters. The topological polar surface area (TPSA) is 26.8 Å². The van der Waals surface area contributed by atoms with E-state index in [0.717, 1.165) is 38.7 Å². The number of alkyl halides is 3. The molecule has 2 aliphatic heterocycles. The molecule has 0 aliphatic carbocycles. The first kappa shape index (κ1) is 21.0. The van der Waals surface area contributed by atoms with Crippen LogP contribution in [-0.2, 0) is 11.0 Å². The molecular weight excluding hydrogens is 367 g/mol. The predicted molar refractivity (Wildman–Crippen MR) is 104 cm³/mol. The molecule has 2 heterocycles. The van der Waals surface area contributed by atoms with Gasteiger partial charge in [-0.2, -0.15) is 13.2 Å². The monoisotopic (exact) mass is 397 g/mol. The van der Waals surface area contributed by atoms with Gasteiger partial charge in [0.05, 0.1) is 5.56 Å². The number of carbonyl (C=O) groups is 1. The van der Waals surface area contributed by atoms with Gasteiger partial charge in [0.1, 0.15) is 0 Å². The van der Waals surface area contributed by atoms with Crippen LogP contribution in [0.15, 0.2) is 24.3 Å². The number of benzene rings is 1. The fraction of sp³-hybridized carbons (Fsp3) is 0.667. The van der Waals surface area contributed by atoms with Gasteiger partial charge in [-0.1, -0.05) is 12.5 Å². The molecule has 28 heavy (non-hydrogen) atoms. The van der Waals surface area contributed by atoms with Gasteiger partial charge in [-0.15, -0.1) is 0 Å². The zero-order chi connectivity index (χ0) is 20.1. The lowest BCUT2D eigenvalue weighted by molar-refractivity contribution is -0.137. The van der Waals surface area contributed by atoms with Crippen molar-refractivity contribution in [2.24, 2.45) is 0 Å². The van der Waals surface area contributed by atoms with E-state index in [0.29, 0.717) is 25.2 Å². The second kappa shape index (κ2) is 9.16. The van der Waals surface area contributed by atoms with Gasteiger partial charge >= 0.3 is 6.18 Å². The summed E-state index contributed by atoms with van der Waals surface area (Å²) in [5, 5.41) is 0. The van der Waals surface area contributed by atoms with Crippen molar-refractivity contribution in [2.75, 3.05) is 44.2 Å². The lowest BCUT2D eigenvalue weighted by atomic mass is 10.1. The molecule has 156 valence electrons. The minimum absolute atomic E-state index is 0.0232. The van der Waals surface area contributed by atoms with E-state index in [1.165, 1.54) is 31.4 Å². The number of halogens is 3. The van der Waals surface area contributed by atoms with Crippen molar-refractivity contribution in [2.45, 2.75) is 51.2 Å². The Labute approximate surface area is 165 Å². The summed E-state index contributed by atoms with van der Waals surface area (Å²) in [6.45, 7) is 7.00. The van der Waals surface area contributed by atoms with E-state index < -0.39 is 11.7 Å². The lowest BCUT2D eigenvalue weighted by Crippen LogP contribution is -2.41. The molecule has 0 spiro atoms. The quantitative estimate of drug-likeness (QED) is 0.751. The number of amides is 1. The van der Waals surface area contributed by atoms with Crippen molar-refractivity contribution in [1.29, 1.82) is 0 Å². The second-order valence-corrected chi connectivity index (χ2v) is 7.94. The van der Waals surface area contributed by atoms with Crippen LogP contribution in [0, 0.1) is 0 Å². The SMILES string of the molecule is C[C@@H]1CN(CCCN2CCCCC2)C(=O)CCN1c1cccc(C(F)(F)F)c1. The number of hydrogen-bond acceptors (Lipinski definition) is 3. The van der Waals surface area contributed by atoms with Gasteiger partial charge in [0.25, 0.3) is 0 Å². The van der Waals surface area contributed by atoms with Gasteiger partial charge in [0.2, 0.25) is 5.91 Å². The van der Waals surface area contributed by atoms with E-state index in [2.05, 4.69) is 4.90 Å². The molecule has 0 aromatic heterocycles. The highest BCUT2D eigenvalue weighted by molar-refractivity contribution is 5.77. The number of likely N-dealkylation sites (tertiary alicyclic amines) is 1. The Hall–Kier alpha value is -1.76. The van der Waals surface area contributed by atoms with E-state index in [1.54, 1.807) is 6.07 Å². The highest BCUT2D eigenvalue weighted by atomic mass is 19.4.